The number of benzene rings is 1. The first-order chi connectivity index (χ1) is 7.06. The summed E-state index contributed by atoms with van der Waals surface area (Å²) in [6.45, 7) is 1.90. The van der Waals surface area contributed by atoms with Crippen LogP contribution in [0.1, 0.15) is 11.1 Å². The molecule has 0 radical (unpaired) electrons. The Hall–Kier alpha value is -1.00. The van der Waals surface area contributed by atoms with Crippen LogP contribution >= 0.6 is 11.8 Å². The summed E-state index contributed by atoms with van der Waals surface area (Å²) in [6, 6.07) is 5.65. The molecule has 0 bridgehead atoms. The minimum atomic E-state index is -0.0370. The lowest BCUT2D eigenvalue weighted by molar-refractivity contribution is 0.241. The van der Waals surface area contributed by atoms with E-state index >= 15 is 0 Å². The van der Waals surface area contributed by atoms with E-state index in [1.807, 2.05) is 25.1 Å². The average molecular weight is 225 g/mol. The van der Waals surface area contributed by atoms with Crippen LogP contribution < -0.4 is 0 Å². The molecule has 0 saturated carbocycles. The van der Waals surface area contributed by atoms with E-state index in [-0.39, 0.29) is 11.8 Å². The molecule has 0 unspecified atom stereocenters. The van der Waals surface area contributed by atoms with Gasteiger partial charge in [0.05, 0.1) is 6.61 Å². The molecular formula is C11H15NO2S. The maximum Gasteiger partial charge on any atom is 0.285 e. The standard InChI is InChI=1S/C11H15NO2S/c1-8-5-4-6-9(7-13)10(8)15-11(14)12(2)3/h4-6,13H,7H2,1-3H3. The molecule has 0 spiro atoms. The summed E-state index contributed by atoms with van der Waals surface area (Å²) in [5, 5.41) is 9.13. The highest BCUT2D eigenvalue weighted by Crippen LogP contribution is 2.28. The largest absolute Gasteiger partial charge is 0.392 e. The van der Waals surface area contributed by atoms with Gasteiger partial charge in [-0.3, -0.25) is 4.79 Å². The maximum atomic E-state index is 11.5. The highest BCUT2D eigenvalue weighted by molar-refractivity contribution is 8.13. The Morgan fingerprint density at radius 3 is 2.67 bits per heavy atom. The first-order valence-corrected chi connectivity index (χ1v) is 5.46. The molecule has 3 nitrogen and oxygen atoms in total. The SMILES string of the molecule is Cc1cccc(CO)c1SC(=O)N(C)C. The van der Waals surface area contributed by atoms with Gasteiger partial charge in [-0.1, -0.05) is 18.2 Å². The molecule has 0 aliphatic carbocycles. The van der Waals surface area contributed by atoms with Crippen LogP contribution in [0.4, 0.5) is 4.79 Å². The first kappa shape index (κ1) is 12.1. The minimum absolute atomic E-state index is 0.0287. The molecular weight excluding hydrogens is 210 g/mol. The number of carbonyl (C=O) groups is 1. The Balaban J connectivity index is 2.97. The fourth-order valence-corrected chi connectivity index (χ4v) is 2.01. The molecule has 1 aromatic carbocycles. The second kappa shape index (κ2) is 5.19. The number of thioether (sulfide) groups is 1. The van der Waals surface area contributed by atoms with E-state index in [1.165, 1.54) is 4.90 Å². The summed E-state index contributed by atoms with van der Waals surface area (Å²) in [5.41, 5.74) is 1.82. The van der Waals surface area contributed by atoms with Gasteiger partial charge in [-0.05, 0) is 29.8 Å². The van der Waals surface area contributed by atoms with Crippen molar-refractivity contribution in [2.45, 2.75) is 18.4 Å². The number of carbonyl (C=O) groups excluding carboxylic acids is 1. The van der Waals surface area contributed by atoms with Gasteiger partial charge >= 0.3 is 0 Å². The number of hydrogen-bond acceptors (Lipinski definition) is 3. The lowest BCUT2D eigenvalue weighted by Gasteiger charge is -2.13. The number of aliphatic hydroxyl groups excluding tert-OH is 1. The Kier molecular flexibility index (Phi) is 4.17. The third-order valence-corrected chi connectivity index (χ3v) is 3.35. The number of aliphatic hydroxyl groups is 1. The van der Waals surface area contributed by atoms with Crippen molar-refractivity contribution >= 4 is 17.0 Å². The smallest absolute Gasteiger partial charge is 0.285 e. The van der Waals surface area contributed by atoms with Crippen LogP contribution in [-0.2, 0) is 6.61 Å². The Morgan fingerprint density at radius 2 is 2.13 bits per heavy atom. The van der Waals surface area contributed by atoms with E-state index < -0.39 is 0 Å². The molecule has 1 rings (SSSR count). The monoisotopic (exact) mass is 225 g/mol. The topological polar surface area (TPSA) is 40.5 Å². The highest BCUT2D eigenvalue weighted by atomic mass is 32.2. The molecule has 0 saturated heterocycles. The van der Waals surface area contributed by atoms with E-state index in [4.69, 9.17) is 5.11 Å². The summed E-state index contributed by atoms with van der Waals surface area (Å²) in [4.78, 5) is 13.9. The molecule has 0 aliphatic rings. The second-order valence-electron chi connectivity index (χ2n) is 3.48. The molecule has 0 aliphatic heterocycles. The summed E-state index contributed by atoms with van der Waals surface area (Å²) >= 11 is 1.16. The van der Waals surface area contributed by atoms with Gasteiger partial charge in [0.25, 0.3) is 5.24 Å². The highest BCUT2D eigenvalue weighted by Gasteiger charge is 2.12. The number of aryl methyl sites for hydroxylation is 1. The average Bonchev–Trinajstić information content (AvgIpc) is 2.20. The quantitative estimate of drug-likeness (QED) is 0.785. The van der Waals surface area contributed by atoms with Crippen LogP contribution in [0.2, 0.25) is 0 Å². The van der Waals surface area contributed by atoms with Crippen molar-refractivity contribution in [1.82, 2.24) is 4.90 Å². The van der Waals surface area contributed by atoms with Crippen molar-refractivity contribution in [3.05, 3.63) is 29.3 Å². The van der Waals surface area contributed by atoms with Gasteiger partial charge in [0.2, 0.25) is 0 Å². The van der Waals surface area contributed by atoms with E-state index in [0.717, 1.165) is 27.8 Å². The number of nitrogens with zero attached hydrogens (tertiary/aromatic N) is 1. The van der Waals surface area contributed by atoms with E-state index in [0.29, 0.717) is 0 Å². The Bertz CT molecular complexity index is 364. The predicted molar refractivity (Wildman–Crippen MR) is 62.0 cm³/mol. The van der Waals surface area contributed by atoms with Crippen LogP contribution in [0, 0.1) is 6.92 Å². The molecule has 4 heteroatoms. The molecule has 0 heterocycles. The van der Waals surface area contributed by atoms with Gasteiger partial charge in [0, 0.05) is 19.0 Å². The van der Waals surface area contributed by atoms with Crippen molar-refractivity contribution in [1.29, 1.82) is 0 Å². The lowest BCUT2D eigenvalue weighted by Crippen LogP contribution is -2.16. The van der Waals surface area contributed by atoms with Crippen molar-refractivity contribution < 1.29 is 9.90 Å². The molecule has 82 valence electrons. The predicted octanol–water partition coefficient (Wildman–Crippen LogP) is 2.26. The van der Waals surface area contributed by atoms with Crippen LogP contribution in [0.5, 0.6) is 0 Å². The summed E-state index contributed by atoms with van der Waals surface area (Å²) < 4.78 is 0. The zero-order valence-corrected chi connectivity index (χ0v) is 9.97. The van der Waals surface area contributed by atoms with Crippen molar-refractivity contribution in [2.24, 2.45) is 0 Å². The van der Waals surface area contributed by atoms with Crippen molar-refractivity contribution in [3.8, 4) is 0 Å². The van der Waals surface area contributed by atoms with E-state index in [2.05, 4.69) is 0 Å². The van der Waals surface area contributed by atoms with Gasteiger partial charge < -0.3 is 10.0 Å². The number of hydrogen-bond donors (Lipinski definition) is 1. The zero-order valence-electron chi connectivity index (χ0n) is 9.15. The third-order valence-electron chi connectivity index (χ3n) is 2.02. The Labute approximate surface area is 94.1 Å². The maximum absolute atomic E-state index is 11.5. The zero-order chi connectivity index (χ0) is 11.4. The van der Waals surface area contributed by atoms with E-state index in [9.17, 15) is 4.79 Å². The molecule has 1 amide bonds. The van der Waals surface area contributed by atoms with Crippen molar-refractivity contribution in [3.63, 3.8) is 0 Å². The first-order valence-electron chi connectivity index (χ1n) is 4.64. The third kappa shape index (κ3) is 2.97. The van der Waals surface area contributed by atoms with Gasteiger partial charge in [-0.15, -0.1) is 0 Å². The van der Waals surface area contributed by atoms with Crippen LogP contribution in [0.25, 0.3) is 0 Å². The number of rotatable bonds is 2. The summed E-state index contributed by atoms with van der Waals surface area (Å²) in [5.74, 6) is 0. The lowest BCUT2D eigenvalue weighted by atomic mass is 10.1. The summed E-state index contributed by atoms with van der Waals surface area (Å²) in [6.07, 6.45) is 0. The van der Waals surface area contributed by atoms with Gasteiger partial charge in [-0.2, -0.15) is 0 Å². The van der Waals surface area contributed by atoms with Gasteiger partial charge in [0.15, 0.2) is 0 Å². The molecule has 15 heavy (non-hydrogen) atoms. The normalized spacial score (nSPS) is 10.1. The van der Waals surface area contributed by atoms with Gasteiger partial charge in [0.1, 0.15) is 0 Å². The molecule has 0 atom stereocenters. The second-order valence-corrected chi connectivity index (χ2v) is 4.45. The van der Waals surface area contributed by atoms with Crippen molar-refractivity contribution in [2.75, 3.05) is 14.1 Å². The van der Waals surface area contributed by atoms with Gasteiger partial charge in [-0.25, -0.2) is 0 Å². The fourth-order valence-electron chi connectivity index (χ4n) is 1.16. The van der Waals surface area contributed by atoms with E-state index in [1.54, 1.807) is 14.1 Å². The number of amides is 1. The molecule has 0 fully saturated rings. The molecule has 0 aromatic heterocycles. The van der Waals surface area contributed by atoms with Crippen LogP contribution in [0.3, 0.4) is 0 Å². The molecule has 1 N–H and O–H groups in total. The molecule has 1 aromatic rings. The fraction of sp³-hybridized carbons (Fsp3) is 0.364. The Morgan fingerprint density at radius 1 is 1.47 bits per heavy atom. The minimum Gasteiger partial charge on any atom is -0.392 e. The summed E-state index contributed by atoms with van der Waals surface area (Å²) in [7, 11) is 3.43. The van der Waals surface area contributed by atoms with Crippen LogP contribution in [-0.4, -0.2) is 29.3 Å². The van der Waals surface area contributed by atoms with Crippen LogP contribution in [0.15, 0.2) is 23.1 Å².